The van der Waals surface area contributed by atoms with Gasteiger partial charge in [-0.25, -0.2) is 0 Å². The lowest BCUT2D eigenvalue weighted by Crippen LogP contribution is -2.29. The third-order valence-corrected chi connectivity index (χ3v) is 3.92. The van der Waals surface area contributed by atoms with Crippen LogP contribution in [0.15, 0.2) is 52.1 Å². The summed E-state index contributed by atoms with van der Waals surface area (Å²) in [7, 11) is 0. The molecule has 0 radical (unpaired) electrons. The van der Waals surface area contributed by atoms with Crippen LogP contribution >= 0.6 is 0 Å². The molecular weight excluding hydrogens is 360 g/mol. The molecule has 1 atom stereocenters. The average molecular weight is 375 g/mol. The van der Waals surface area contributed by atoms with E-state index in [4.69, 9.17) is 0 Å². The van der Waals surface area contributed by atoms with Gasteiger partial charge in [-0.2, -0.15) is 8.78 Å². The fraction of sp³-hybridized carbons (Fsp3) is 0.167. The topological polar surface area (TPSA) is 104 Å². The minimum absolute atomic E-state index is 0.00386. The molecule has 0 saturated carbocycles. The number of carbonyl (C=O) groups excluding carboxylic acids is 1. The number of aromatic nitrogens is 2. The molecule has 0 aliphatic rings. The van der Waals surface area contributed by atoms with Crippen LogP contribution in [0.1, 0.15) is 28.9 Å². The van der Waals surface area contributed by atoms with Gasteiger partial charge in [-0.3, -0.25) is 14.4 Å². The normalized spacial score (nSPS) is 12.1. The van der Waals surface area contributed by atoms with Crippen LogP contribution < -0.4 is 21.2 Å². The Bertz CT molecular complexity index is 1110. The van der Waals surface area contributed by atoms with Gasteiger partial charge >= 0.3 is 17.7 Å². The van der Waals surface area contributed by atoms with E-state index in [0.29, 0.717) is 16.6 Å². The number of alkyl halides is 2. The second-order valence-electron chi connectivity index (χ2n) is 5.81. The number of hydrogen-bond acceptors (Lipinski definition) is 4. The number of H-pyrrole nitrogens is 2. The second-order valence-corrected chi connectivity index (χ2v) is 5.81. The van der Waals surface area contributed by atoms with E-state index < -0.39 is 29.7 Å². The van der Waals surface area contributed by atoms with Gasteiger partial charge in [0.25, 0.3) is 5.91 Å². The number of aromatic amines is 2. The molecule has 0 aliphatic carbocycles. The molecule has 0 unspecified atom stereocenters. The molecule has 9 heteroatoms. The van der Waals surface area contributed by atoms with Crippen molar-refractivity contribution in [1.82, 2.24) is 15.3 Å². The Labute approximate surface area is 151 Å². The molecule has 0 saturated heterocycles. The Kier molecular flexibility index (Phi) is 5.02. The molecule has 3 N–H and O–H groups in total. The highest BCUT2D eigenvalue weighted by molar-refractivity contribution is 5.97. The predicted molar refractivity (Wildman–Crippen MR) is 94.1 cm³/mol. The van der Waals surface area contributed by atoms with Crippen molar-refractivity contribution in [3.63, 3.8) is 0 Å². The van der Waals surface area contributed by atoms with Crippen LogP contribution in [0.25, 0.3) is 11.0 Å². The third kappa shape index (κ3) is 4.20. The van der Waals surface area contributed by atoms with Crippen LogP contribution in [0.3, 0.4) is 0 Å². The number of rotatable bonds is 5. The molecule has 3 aromatic rings. The quantitative estimate of drug-likeness (QED) is 0.595. The Morgan fingerprint density at radius 2 is 1.74 bits per heavy atom. The number of benzene rings is 2. The predicted octanol–water partition coefficient (Wildman–Crippen LogP) is 2.31. The smallest absolute Gasteiger partial charge is 0.387 e. The van der Waals surface area contributed by atoms with Crippen molar-refractivity contribution in [3.8, 4) is 5.75 Å². The van der Waals surface area contributed by atoms with E-state index in [0.717, 1.165) is 0 Å². The van der Waals surface area contributed by atoms with E-state index in [2.05, 4.69) is 20.0 Å². The fourth-order valence-corrected chi connectivity index (χ4v) is 2.58. The molecule has 27 heavy (non-hydrogen) atoms. The van der Waals surface area contributed by atoms with E-state index in [1.807, 2.05) is 0 Å². The molecule has 0 spiro atoms. The van der Waals surface area contributed by atoms with Gasteiger partial charge < -0.3 is 20.0 Å². The third-order valence-electron chi connectivity index (χ3n) is 3.92. The summed E-state index contributed by atoms with van der Waals surface area (Å²) < 4.78 is 29.0. The van der Waals surface area contributed by atoms with Gasteiger partial charge in [-0.15, -0.1) is 0 Å². The summed E-state index contributed by atoms with van der Waals surface area (Å²) in [5.41, 5.74) is -0.0474. The Hall–Kier alpha value is -3.49. The Morgan fingerprint density at radius 1 is 1.04 bits per heavy atom. The van der Waals surface area contributed by atoms with Crippen molar-refractivity contribution < 1.29 is 18.3 Å². The minimum Gasteiger partial charge on any atom is -0.435 e. The van der Waals surface area contributed by atoms with Gasteiger partial charge in [-0.1, -0.05) is 12.1 Å². The lowest BCUT2D eigenvalue weighted by molar-refractivity contribution is -0.0499. The van der Waals surface area contributed by atoms with Crippen LogP contribution in [0.4, 0.5) is 8.78 Å². The highest BCUT2D eigenvalue weighted by Gasteiger charge is 2.14. The highest BCUT2D eigenvalue weighted by atomic mass is 19.3. The number of carbonyl (C=O) groups is 1. The molecule has 0 aliphatic heterocycles. The van der Waals surface area contributed by atoms with Gasteiger partial charge in [0.15, 0.2) is 0 Å². The second kappa shape index (κ2) is 7.40. The van der Waals surface area contributed by atoms with E-state index in [1.54, 1.807) is 19.1 Å². The van der Waals surface area contributed by atoms with Crippen LogP contribution in [-0.4, -0.2) is 22.5 Å². The molecule has 7 nitrogen and oxygen atoms in total. The fourth-order valence-electron chi connectivity index (χ4n) is 2.58. The number of amides is 1. The Balaban J connectivity index is 1.80. The van der Waals surface area contributed by atoms with E-state index in [9.17, 15) is 23.2 Å². The summed E-state index contributed by atoms with van der Waals surface area (Å²) in [5, 5.41) is 2.74. The minimum atomic E-state index is -2.93. The molecule has 2 aromatic carbocycles. The molecule has 0 bridgehead atoms. The number of fused-ring (bicyclic) bond motifs is 1. The highest BCUT2D eigenvalue weighted by Crippen LogP contribution is 2.21. The van der Waals surface area contributed by atoms with Crippen molar-refractivity contribution in [2.75, 3.05) is 0 Å². The molecule has 1 amide bonds. The number of ether oxygens (including phenoxy) is 1. The van der Waals surface area contributed by atoms with Gasteiger partial charge in [0.05, 0.1) is 17.1 Å². The van der Waals surface area contributed by atoms with Gasteiger partial charge in [0, 0.05) is 5.56 Å². The van der Waals surface area contributed by atoms with Crippen LogP contribution in [-0.2, 0) is 0 Å². The molecular formula is C18H15F2N3O4. The Morgan fingerprint density at radius 3 is 2.44 bits per heavy atom. The molecule has 1 aromatic heterocycles. The lowest BCUT2D eigenvalue weighted by Gasteiger charge is -2.16. The zero-order valence-corrected chi connectivity index (χ0v) is 14.1. The van der Waals surface area contributed by atoms with Gasteiger partial charge in [0.2, 0.25) is 0 Å². The van der Waals surface area contributed by atoms with E-state index in [1.165, 1.54) is 30.3 Å². The largest absolute Gasteiger partial charge is 0.435 e. The summed E-state index contributed by atoms with van der Waals surface area (Å²) in [6.45, 7) is -1.24. The first-order valence-corrected chi connectivity index (χ1v) is 7.95. The maximum absolute atomic E-state index is 12.5. The van der Waals surface area contributed by atoms with E-state index in [-0.39, 0.29) is 11.3 Å². The standard InChI is InChI=1S/C18H15F2N3O4/c1-9(10-3-2-4-12(7-10)27-18(19)20)21-15(24)11-5-6-13-14(8-11)23-17(26)16(25)22-13/h2-9,18H,1H3,(H,21,24)(H,22,25)(H,23,26)/t9-/m0/s1. The molecule has 3 rings (SSSR count). The first kappa shape index (κ1) is 18.3. The summed E-state index contributed by atoms with van der Waals surface area (Å²) in [5.74, 6) is -0.438. The van der Waals surface area contributed by atoms with Crippen molar-refractivity contribution in [1.29, 1.82) is 0 Å². The van der Waals surface area contributed by atoms with Gasteiger partial charge in [0.1, 0.15) is 5.75 Å². The van der Waals surface area contributed by atoms with Gasteiger partial charge in [-0.05, 0) is 42.8 Å². The zero-order valence-electron chi connectivity index (χ0n) is 14.1. The zero-order chi connectivity index (χ0) is 19.6. The van der Waals surface area contributed by atoms with Crippen LogP contribution in [0.2, 0.25) is 0 Å². The number of nitrogens with one attached hydrogen (secondary N) is 3. The number of hydrogen-bond donors (Lipinski definition) is 3. The number of halogens is 2. The summed E-state index contributed by atoms with van der Waals surface area (Å²) in [6, 6.07) is 9.98. The molecule has 0 fully saturated rings. The summed E-state index contributed by atoms with van der Waals surface area (Å²) >= 11 is 0. The maximum Gasteiger partial charge on any atom is 0.387 e. The first-order valence-electron chi connectivity index (χ1n) is 7.95. The monoisotopic (exact) mass is 375 g/mol. The van der Waals surface area contributed by atoms with Crippen molar-refractivity contribution in [2.24, 2.45) is 0 Å². The molecule has 140 valence electrons. The first-order chi connectivity index (χ1) is 12.8. The van der Waals surface area contributed by atoms with Crippen molar-refractivity contribution in [3.05, 3.63) is 74.3 Å². The lowest BCUT2D eigenvalue weighted by atomic mass is 10.1. The van der Waals surface area contributed by atoms with Crippen LogP contribution in [0.5, 0.6) is 5.75 Å². The SMILES string of the molecule is C[C@H](NC(=O)c1ccc2[nH]c(=O)c(=O)[nH]c2c1)c1cccc(OC(F)F)c1. The van der Waals surface area contributed by atoms with E-state index >= 15 is 0 Å². The van der Waals surface area contributed by atoms with Crippen molar-refractivity contribution >= 4 is 16.9 Å². The average Bonchev–Trinajstić information content (AvgIpc) is 2.62. The summed E-state index contributed by atoms with van der Waals surface area (Å²) in [4.78, 5) is 40.0. The van der Waals surface area contributed by atoms with Crippen LogP contribution in [0, 0.1) is 0 Å². The molecule has 1 heterocycles. The van der Waals surface area contributed by atoms with Crippen molar-refractivity contribution in [2.45, 2.75) is 19.6 Å². The summed E-state index contributed by atoms with van der Waals surface area (Å²) in [6.07, 6.45) is 0. The maximum atomic E-state index is 12.5.